The summed E-state index contributed by atoms with van der Waals surface area (Å²) >= 11 is 0. The van der Waals surface area contributed by atoms with Gasteiger partial charge in [0.1, 0.15) is 0 Å². The zero-order valence-corrected chi connectivity index (χ0v) is 9.34. The summed E-state index contributed by atoms with van der Waals surface area (Å²) in [6.07, 6.45) is 5.39. The summed E-state index contributed by atoms with van der Waals surface area (Å²) in [6, 6.07) is 7.43. The molecular formula is C13H11N3O. The molecule has 17 heavy (non-hydrogen) atoms. The van der Waals surface area contributed by atoms with Crippen LogP contribution in [-0.2, 0) is 0 Å². The van der Waals surface area contributed by atoms with Crippen molar-refractivity contribution in [2.75, 3.05) is 0 Å². The molecule has 3 rings (SSSR count). The predicted molar refractivity (Wildman–Crippen MR) is 66.4 cm³/mol. The minimum absolute atomic E-state index is 0.0732. The number of H-pyrrole nitrogens is 1. The normalized spacial score (nSPS) is 10.9. The Labute approximate surface area is 97.6 Å². The summed E-state index contributed by atoms with van der Waals surface area (Å²) < 4.78 is 1.94. The Kier molecular flexibility index (Phi) is 2.08. The SMILES string of the molecule is Cc1cc(-n2ccnc2)cc2ccc(=O)[nH]c12. The molecular weight excluding hydrogens is 214 g/mol. The van der Waals surface area contributed by atoms with Crippen LogP contribution in [-0.4, -0.2) is 14.5 Å². The van der Waals surface area contributed by atoms with Crippen LogP contribution in [0.25, 0.3) is 16.6 Å². The van der Waals surface area contributed by atoms with Crippen molar-refractivity contribution in [2.24, 2.45) is 0 Å². The van der Waals surface area contributed by atoms with E-state index in [-0.39, 0.29) is 5.56 Å². The Bertz CT molecular complexity index is 726. The highest BCUT2D eigenvalue weighted by Gasteiger charge is 2.03. The summed E-state index contributed by atoms with van der Waals surface area (Å²) in [4.78, 5) is 18.2. The first-order valence-corrected chi connectivity index (χ1v) is 5.36. The smallest absolute Gasteiger partial charge is 0.248 e. The molecule has 4 nitrogen and oxygen atoms in total. The fourth-order valence-electron chi connectivity index (χ4n) is 1.99. The first-order valence-electron chi connectivity index (χ1n) is 5.36. The van der Waals surface area contributed by atoms with Gasteiger partial charge in [-0.3, -0.25) is 4.79 Å². The van der Waals surface area contributed by atoms with Gasteiger partial charge in [-0.15, -0.1) is 0 Å². The average molecular weight is 225 g/mol. The maximum absolute atomic E-state index is 11.3. The number of imidazole rings is 1. The molecule has 0 atom stereocenters. The first kappa shape index (κ1) is 9.84. The van der Waals surface area contributed by atoms with Gasteiger partial charge in [0, 0.05) is 29.5 Å². The minimum Gasteiger partial charge on any atom is -0.322 e. The molecule has 0 saturated carbocycles. The van der Waals surface area contributed by atoms with Gasteiger partial charge in [-0.25, -0.2) is 4.98 Å². The van der Waals surface area contributed by atoms with Gasteiger partial charge in [-0.05, 0) is 30.7 Å². The number of pyridine rings is 1. The second kappa shape index (κ2) is 3.59. The lowest BCUT2D eigenvalue weighted by Gasteiger charge is -2.07. The zero-order chi connectivity index (χ0) is 11.8. The van der Waals surface area contributed by atoms with Crippen molar-refractivity contribution in [1.82, 2.24) is 14.5 Å². The van der Waals surface area contributed by atoms with Crippen LogP contribution in [0.5, 0.6) is 0 Å². The van der Waals surface area contributed by atoms with Gasteiger partial charge in [0.15, 0.2) is 0 Å². The Balaban J connectivity index is 2.32. The highest BCUT2D eigenvalue weighted by molar-refractivity contribution is 5.83. The average Bonchev–Trinajstić information content (AvgIpc) is 2.83. The third-order valence-electron chi connectivity index (χ3n) is 2.82. The van der Waals surface area contributed by atoms with Crippen LogP contribution < -0.4 is 5.56 Å². The third kappa shape index (κ3) is 1.63. The molecule has 1 N–H and O–H groups in total. The van der Waals surface area contributed by atoms with Crippen LogP contribution in [0, 0.1) is 6.92 Å². The van der Waals surface area contributed by atoms with Crippen molar-refractivity contribution in [3.8, 4) is 5.69 Å². The fourth-order valence-corrected chi connectivity index (χ4v) is 1.99. The van der Waals surface area contributed by atoms with E-state index in [2.05, 4.69) is 9.97 Å². The number of benzene rings is 1. The van der Waals surface area contributed by atoms with Gasteiger partial charge >= 0.3 is 0 Å². The quantitative estimate of drug-likeness (QED) is 0.688. The Morgan fingerprint density at radius 1 is 1.29 bits per heavy atom. The molecule has 0 aliphatic rings. The first-order chi connectivity index (χ1) is 8.24. The molecule has 0 fully saturated rings. The number of nitrogens with zero attached hydrogens (tertiary/aromatic N) is 2. The molecule has 4 heteroatoms. The van der Waals surface area contributed by atoms with Crippen molar-refractivity contribution in [3.63, 3.8) is 0 Å². The van der Waals surface area contributed by atoms with Crippen LogP contribution in [0.2, 0.25) is 0 Å². The van der Waals surface area contributed by atoms with Crippen molar-refractivity contribution in [2.45, 2.75) is 6.92 Å². The van der Waals surface area contributed by atoms with Crippen molar-refractivity contribution >= 4 is 10.9 Å². The second-order valence-electron chi connectivity index (χ2n) is 4.02. The lowest BCUT2D eigenvalue weighted by molar-refractivity contribution is 1.06. The number of aromatic nitrogens is 3. The van der Waals surface area contributed by atoms with Crippen LogP contribution in [0.15, 0.2) is 47.8 Å². The van der Waals surface area contributed by atoms with Gasteiger partial charge in [-0.1, -0.05) is 0 Å². The van der Waals surface area contributed by atoms with E-state index in [0.29, 0.717) is 0 Å². The maximum atomic E-state index is 11.3. The Hall–Kier alpha value is -2.36. The van der Waals surface area contributed by atoms with E-state index in [0.717, 1.165) is 22.2 Å². The Morgan fingerprint density at radius 3 is 2.94 bits per heavy atom. The molecule has 0 bridgehead atoms. The summed E-state index contributed by atoms with van der Waals surface area (Å²) in [6.45, 7) is 1.98. The van der Waals surface area contributed by atoms with Gasteiger partial charge in [0.25, 0.3) is 0 Å². The van der Waals surface area contributed by atoms with E-state index in [1.165, 1.54) is 0 Å². The number of aromatic amines is 1. The van der Waals surface area contributed by atoms with Gasteiger partial charge < -0.3 is 9.55 Å². The van der Waals surface area contributed by atoms with Gasteiger partial charge in [0.05, 0.1) is 11.8 Å². The van der Waals surface area contributed by atoms with Crippen LogP contribution >= 0.6 is 0 Å². The molecule has 2 aromatic heterocycles. The summed E-state index contributed by atoms with van der Waals surface area (Å²) in [5.74, 6) is 0. The molecule has 0 radical (unpaired) electrons. The molecule has 0 spiro atoms. The molecule has 0 unspecified atom stereocenters. The van der Waals surface area contributed by atoms with E-state index in [9.17, 15) is 4.79 Å². The summed E-state index contributed by atoms with van der Waals surface area (Å²) in [7, 11) is 0. The highest BCUT2D eigenvalue weighted by atomic mass is 16.1. The molecule has 0 saturated heterocycles. The topological polar surface area (TPSA) is 50.7 Å². The van der Waals surface area contributed by atoms with Crippen LogP contribution in [0.3, 0.4) is 0 Å². The molecule has 84 valence electrons. The number of fused-ring (bicyclic) bond motifs is 1. The summed E-state index contributed by atoms with van der Waals surface area (Å²) in [5, 5.41) is 1.02. The van der Waals surface area contributed by atoms with E-state index >= 15 is 0 Å². The molecule has 3 aromatic rings. The largest absolute Gasteiger partial charge is 0.322 e. The van der Waals surface area contributed by atoms with E-state index in [1.54, 1.807) is 18.6 Å². The van der Waals surface area contributed by atoms with Crippen LogP contribution in [0.4, 0.5) is 0 Å². The number of hydrogen-bond donors (Lipinski definition) is 1. The monoisotopic (exact) mass is 225 g/mol. The molecule has 0 amide bonds. The number of aryl methyl sites for hydroxylation is 1. The zero-order valence-electron chi connectivity index (χ0n) is 9.34. The van der Waals surface area contributed by atoms with E-state index < -0.39 is 0 Å². The third-order valence-corrected chi connectivity index (χ3v) is 2.82. The number of hydrogen-bond acceptors (Lipinski definition) is 2. The fraction of sp³-hybridized carbons (Fsp3) is 0.0769. The van der Waals surface area contributed by atoms with E-state index in [4.69, 9.17) is 0 Å². The molecule has 0 aliphatic carbocycles. The van der Waals surface area contributed by atoms with Gasteiger partial charge in [0.2, 0.25) is 5.56 Å². The molecule has 0 aliphatic heterocycles. The standard InChI is InChI=1S/C13H11N3O/c1-9-6-11(16-5-4-14-8-16)7-10-2-3-12(17)15-13(9)10/h2-8H,1H3,(H,15,17). The van der Waals surface area contributed by atoms with Gasteiger partial charge in [-0.2, -0.15) is 0 Å². The van der Waals surface area contributed by atoms with E-state index in [1.807, 2.05) is 35.9 Å². The molecule has 1 aromatic carbocycles. The lowest BCUT2D eigenvalue weighted by Crippen LogP contribution is -2.04. The van der Waals surface area contributed by atoms with Crippen LogP contribution in [0.1, 0.15) is 5.56 Å². The van der Waals surface area contributed by atoms with Crippen molar-refractivity contribution < 1.29 is 0 Å². The summed E-state index contributed by atoms with van der Waals surface area (Å²) in [5.41, 5.74) is 2.90. The van der Waals surface area contributed by atoms with Crippen molar-refractivity contribution in [3.05, 3.63) is 58.9 Å². The Morgan fingerprint density at radius 2 is 2.18 bits per heavy atom. The maximum Gasteiger partial charge on any atom is 0.248 e. The number of nitrogens with one attached hydrogen (secondary N) is 1. The molecule has 2 heterocycles. The lowest BCUT2D eigenvalue weighted by atomic mass is 10.1. The minimum atomic E-state index is -0.0732. The van der Waals surface area contributed by atoms with Crippen molar-refractivity contribution in [1.29, 1.82) is 0 Å². The predicted octanol–water partition coefficient (Wildman–Crippen LogP) is 2.02. The second-order valence-corrected chi connectivity index (χ2v) is 4.02. The highest BCUT2D eigenvalue weighted by Crippen LogP contribution is 2.19. The number of rotatable bonds is 1.